The Hall–Kier alpha value is -2.24. The van der Waals surface area contributed by atoms with E-state index in [-0.39, 0.29) is 0 Å². The fraction of sp³-hybridized carbons (Fsp3) is 0.429. The number of benzene rings is 1. The number of aliphatic hydroxyl groups is 1. The number of pyridine rings is 1. The first-order valence-corrected chi connectivity index (χ1v) is 9.18. The lowest BCUT2D eigenvalue weighted by Crippen LogP contribution is -2.54. The molecule has 1 aromatic carbocycles. The number of piperidine rings is 1. The van der Waals surface area contributed by atoms with Crippen LogP contribution in [-0.4, -0.2) is 45.3 Å². The van der Waals surface area contributed by atoms with Crippen molar-refractivity contribution in [1.82, 2.24) is 9.88 Å². The van der Waals surface area contributed by atoms with Gasteiger partial charge in [0.05, 0.1) is 11.5 Å². The van der Waals surface area contributed by atoms with Gasteiger partial charge in [-0.05, 0) is 42.1 Å². The number of β-amino-alcohol motifs (C(OH)–C–C–N with tert-alkyl or cyclic N) is 1. The van der Waals surface area contributed by atoms with Crippen molar-refractivity contribution in [3.05, 3.63) is 54.4 Å². The molecule has 26 heavy (non-hydrogen) atoms. The Morgan fingerprint density at radius 3 is 2.62 bits per heavy atom. The summed E-state index contributed by atoms with van der Waals surface area (Å²) < 4.78 is 0. The van der Waals surface area contributed by atoms with Crippen molar-refractivity contribution >= 4 is 5.97 Å². The van der Waals surface area contributed by atoms with Crippen molar-refractivity contribution in [2.75, 3.05) is 13.1 Å². The Kier molecular flexibility index (Phi) is 5.69. The second-order valence-corrected chi connectivity index (χ2v) is 7.15. The molecule has 2 aromatic rings. The third kappa shape index (κ3) is 3.79. The van der Waals surface area contributed by atoms with Gasteiger partial charge in [0, 0.05) is 25.5 Å². The van der Waals surface area contributed by atoms with Gasteiger partial charge in [0.1, 0.15) is 0 Å². The van der Waals surface area contributed by atoms with Gasteiger partial charge in [-0.2, -0.15) is 0 Å². The maximum absolute atomic E-state index is 11.7. The van der Waals surface area contributed by atoms with Crippen LogP contribution in [0.5, 0.6) is 0 Å². The van der Waals surface area contributed by atoms with E-state index in [4.69, 9.17) is 0 Å². The van der Waals surface area contributed by atoms with Crippen LogP contribution in [0.1, 0.15) is 31.7 Å². The molecule has 3 rings (SSSR count). The maximum atomic E-state index is 11.7. The zero-order valence-electron chi connectivity index (χ0n) is 15.1. The standard InChI is InChI=1S/C21H26N2O3/c1-2-9-21(20(25)26)10-12-23(15-19(21)24)14-16-5-7-17(8-6-16)18-4-3-11-22-13-18/h3-8,11,13,19,24H,2,9-10,12,14-15H2,1H3,(H,25,26)/t19?,21-/m0/s1. The maximum Gasteiger partial charge on any atom is 0.312 e. The lowest BCUT2D eigenvalue weighted by molar-refractivity contribution is -0.164. The van der Waals surface area contributed by atoms with Crippen LogP contribution in [0.4, 0.5) is 0 Å². The van der Waals surface area contributed by atoms with Gasteiger partial charge in [0.2, 0.25) is 0 Å². The molecule has 2 N–H and O–H groups in total. The molecule has 1 aromatic heterocycles. The van der Waals surface area contributed by atoms with E-state index in [1.165, 1.54) is 0 Å². The van der Waals surface area contributed by atoms with Crippen LogP contribution in [0, 0.1) is 5.41 Å². The first kappa shape index (κ1) is 18.5. The summed E-state index contributed by atoms with van der Waals surface area (Å²) in [6, 6.07) is 12.3. The fourth-order valence-electron chi connectivity index (χ4n) is 3.87. The molecule has 1 aliphatic rings. The van der Waals surface area contributed by atoms with E-state index >= 15 is 0 Å². The molecule has 1 saturated heterocycles. The Balaban J connectivity index is 1.65. The van der Waals surface area contributed by atoms with Crippen molar-refractivity contribution in [3.8, 4) is 11.1 Å². The van der Waals surface area contributed by atoms with E-state index < -0.39 is 17.5 Å². The summed E-state index contributed by atoms with van der Waals surface area (Å²) in [4.78, 5) is 18.0. The number of hydrogen-bond acceptors (Lipinski definition) is 4. The largest absolute Gasteiger partial charge is 0.481 e. The number of carboxylic acids is 1. The van der Waals surface area contributed by atoms with E-state index in [2.05, 4.69) is 34.1 Å². The van der Waals surface area contributed by atoms with Crippen LogP contribution in [0.25, 0.3) is 11.1 Å². The number of carboxylic acid groups (broad SMARTS) is 1. The number of nitrogens with zero attached hydrogens (tertiary/aromatic N) is 2. The highest BCUT2D eigenvalue weighted by molar-refractivity contribution is 5.75. The van der Waals surface area contributed by atoms with Crippen molar-refractivity contribution in [2.45, 2.75) is 38.8 Å². The quantitative estimate of drug-likeness (QED) is 0.833. The lowest BCUT2D eigenvalue weighted by atomic mass is 9.73. The van der Waals surface area contributed by atoms with Crippen LogP contribution in [0.2, 0.25) is 0 Å². The van der Waals surface area contributed by atoms with Crippen molar-refractivity contribution < 1.29 is 15.0 Å². The summed E-state index contributed by atoms with van der Waals surface area (Å²) in [5.41, 5.74) is 2.37. The van der Waals surface area contributed by atoms with E-state index in [0.717, 1.165) is 23.1 Å². The molecule has 5 heteroatoms. The predicted octanol–water partition coefficient (Wildman–Crippen LogP) is 3.19. The first-order chi connectivity index (χ1) is 12.5. The fourth-order valence-corrected chi connectivity index (χ4v) is 3.87. The Morgan fingerprint density at radius 2 is 2.04 bits per heavy atom. The summed E-state index contributed by atoms with van der Waals surface area (Å²) in [7, 11) is 0. The molecule has 1 aliphatic heterocycles. The van der Waals surface area contributed by atoms with Crippen LogP contribution in [0.15, 0.2) is 48.8 Å². The second kappa shape index (κ2) is 7.98. The van der Waals surface area contributed by atoms with Crippen molar-refractivity contribution in [1.29, 1.82) is 0 Å². The molecule has 0 radical (unpaired) electrons. The molecule has 0 spiro atoms. The predicted molar refractivity (Wildman–Crippen MR) is 101 cm³/mol. The summed E-state index contributed by atoms with van der Waals surface area (Å²) in [6.45, 7) is 3.77. The number of hydrogen-bond donors (Lipinski definition) is 2. The molecule has 1 unspecified atom stereocenters. The lowest BCUT2D eigenvalue weighted by Gasteiger charge is -2.42. The van der Waals surface area contributed by atoms with Gasteiger partial charge in [-0.15, -0.1) is 0 Å². The van der Waals surface area contributed by atoms with Gasteiger partial charge in [0.25, 0.3) is 0 Å². The monoisotopic (exact) mass is 354 g/mol. The Labute approximate surface area is 154 Å². The van der Waals surface area contributed by atoms with E-state index in [1.807, 2.05) is 25.3 Å². The van der Waals surface area contributed by atoms with Gasteiger partial charge >= 0.3 is 5.97 Å². The first-order valence-electron chi connectivity index (χ1n) is 9.18. The van der Waals surface area contributed by atoms with Crippen LogP contribution >= 0.6 is 0 Å². The average molecular weight is 354 g/mol. The highest BCUT2D eigenvalue weighted by atomic mass is 16.4. The van der Waals surface area contributed by atoms with Crippen molar-refractivity contribution in [2.24, 2.45) is 5.41 Å². The normalized spacial score (nSPS) is 23.7. The number of aliphatic carboxylic acids is 1. The van der Waals surface area contributed by atoms with E-state index in [9.17, 15) is 15.0 Å². The van der Waals surface area contributed by atoms with Gasteiger partial charge < -0.3 is 10.2 Å². The molecule has 0 saturated carbocycles. The topological polar surface area (TPSA) is 73.7 Å². The zero-order valence-corrected chi connectivity index (χ0v) is 15.1. The zero-order chi connectivity index (χ0) is 18.6. The van der Waals surface area contributed by atoms with Crippen molar-refractivity contribution in [3.63, 3.8) is 0 Å². The molecule has 1 fully saturated rings. The molecular weight excluding hydrogens is 328 g/mol. The number of likely N-dealkylation sites (tertiary alicyclic amines) is 1. The molecule has 0 bridgehead atoms. The third-order valence-electron chi connectivity index (χ3n) is 5.42. The smallest absolute Gasteiger partial charge is 0.312 e. The minimum Gasteiger partial charge on any atom is -0.481 e. The summed E-state index contributed by atoms with van der Waals surface area (Å²) in [6.07, 6.45) is 4.55. The van der Waals surface area contributed by atoms with Gasteiger partial charge in [-0.3, -0.25) is 14.7 Å². The molecule has 138 valence electrons. The van der Waals surface area contributed by atoms with E-state index in [1.54, 1.807) is 6.20 Å². The number of carbonyl (C=O) groups is 1. The molecule has 2 atom stereocenters. The average Bonchev–Trinajstić information content (AvgIpc) is 2.65. The van der Waals surface area contributed by atoms with Gasteiger partial charge in [-0.25, -0.2) is 0 Å². The number of rotatable bonds is 6. The third-order valence-corrected chi connectivity index (χ3v) is 5.42. The second-order valence-electron chi connectivity index (χ2n) is 7.15. The summed E-state index contributed by atoms with van der Waals surface area (Å²) >= 11 is 0. The number of aliphatic hydroxyl groups excluding tert-OH is 1. The summed E-state index contributed by atoms with van der Waals surface area (Å²) in [5, 5.41) is 20.2. The molecule has 0 aliphatic carbocycles. The minimum atomic E-state index is -0.991. The highest BCUT2D eigenvalue weighted by Gasteiger charge is 2.47. The van der Waals surface area contributed by atoms with E-state index in [0.29, 0.717) is 32.5 Å². The minimum absolute atomic E-state index is 0.399. The SMILES string of the molecule is CCC[C@]1(C(=O)O)CCN(Cc2ccc(-c3cccnc3)cc2)CC1O. The Morgan fingerprint density at radius 1 is 1.27 bits per heavy atom. The molecule has 0 amide bonds. The summed E-state index contributed by atoms with van der Waals surface area (Å²) in [5.74, 6) is -0.868. The van der Waals surface area contributed by atoms with Crippen LogP contribution in [0.3, 0.4) is 0 Å². The molecular formula is C21H26N2O3. The Bertz CT molecular complexity index is 733. The van der Waals surface area contributed by atoms with Gasteiger partial charge in [-0.1, -0.05) is 43.7 Å². The molecule has 5 nitrogen and oxygen atoms in total. The van der Waals surface area contributed by atoms with Crippen LogP contribution in [-0.2, 0) is 11.3 Å². The van der Waals surface area contributed by atoms with Crippen LogP contribution < -0.4 is 0 Å². The highest BCUT2D eigenvalue weighted by Crippen LogP contribution is 2.37. The molecule has 2 heterocycles. The number of aromatic nitrogens is 1. The van der Waals surface area contributed by atoms with Gasteiger partial charge in [0.15, 0.2) is 0 Å².